The lowest BCUT2D eigenvalue weighted by atomic mass is 9.92. The molecule has 1 rings (SSSR count). The Balaban J connectivity index is 2.43. The number of rotatable bonds is 4. The molecule has 1 saturated heterocycles. The Morgan fingerprint density at radius 2 is 2.12 bits per heavy atom. The summed E-state index contributed by atoms with van der Waals surface area (Å²) in [4.78, 5) is 21.9. The number of nitrogens with one attached hydrogen (secondary N) is 1. The number of aliphatic carboxylic acids is 1. The second-order valence-electron chi connectivity index (χ2n) is 3.82. The molecular weight excluding hydrogens is 214 g/mol. The molecule has 6 nitrogen and oxygen atoms in total. The first kappa shape index (κ1) is 12.8. The molecule has 0 aromatic rings. The van der Waals surface area contributed by atoms with Gasteiger partial charge in [0.05, 0.1) is 7.11 Å². The Kier molecular flexibility index (Phi) is 5.04. The fraction of sp³-hybridized carbons (Fsp3) is 0.800. The van der Waals surface area contributed by atoms with Crippen LogP contribution in [0.5, 0.6) is 0 Å². The third-order valence-electron chi connectivity index (χ3n) is 2.69. The molecule has 0 radical (unpaired) electrons. The molecule has 0 spiro atoms. The Labute approximate surface area is 93.9 Å². The molecule has 0 aliphatic carbocycles. The molecule has 0 bridgehead atoms. The summed E-state index contributed by atoms with van der Waals surface area (Å²) in [6.45, 7) is 1.32. The topological polar surface area (TPSA) is 84.9 Å². The fourth-order valence-electron chi connectivity index (χ4n) is 1.74. The normalized spacial score (nSPS) is 18.8. The van der Waals surface area contributed by atoms with Crippen LogP contribution < -0.4 is 5.32 Å². The maximum atomic E-state index is 10.9. The van der Waals surface area contributed by atoms with Gasteiger partial charge in [0.25, 0.3) is 0 Å². The molecule has 1 fully saturated rings. The highest BCUT2D eigenvalue weighted by atomic mass is 16.5. The molecule has 0 saturated carbocycles. The van der Waals surface area contributed by atoms with E-state index in [0.717, 1.165) is 12.8 Å². The van der Waals surface area contributed by atoms with E-state index in [9.17, 15) is 9.59 Å². The van der Waals surface area contributed by atoms with Gasteiger partial charge in [-0.2, -0.15) is 0 Å². The summed E-state index contributed by atoms with van der Waals surface area (Å²) in [5.41, 5.74) is 0. The van der Waals surface area contributed by atoms with Crippen LogP contribution in [0.15, 0.2) is 0 Å². The summed E-state index contributed by atoms with van der Waals surface area (Å²) >= 11 is 0. The largest absolute Gasteiger partial charge is 0.480 e. The average Bonchev–Trinajstić information content (AvgIpc) is 2.29. The standard InChI is InChI=1S/C10H17NO5/c1-15-10(14)11-8(9(12)13)6-7-2-4-16-5-3-7/h7-8H,2-6H2,1H3,(H,11,14)(H,12,13). The van der Waals surface area contributed by atoms with Crippen LogP contribution in [0, 0.1) is 5.92 Å². The molecule has 6 heteroatoms. The number of carboxylic acids is 1. The summed E-state index contributed by atoms with van der Waals surface area (Å²) < 4.78 is 9.57. The minimum absolute atomic E-state index is 0.284. The first-order valence-electron chi connectivity index (χ1n) is 5.28. The minimum atomic E-state index is -1.03. The van der Waals surface area contributed by atoms with Crippen molar-refractivity contribution >= 4 is 12.1 Å². The Morgan fingerprint density at radius 1 is 1.50 bits per heavy atom. The zero-order valence-electron chi connectivity index (χ0n) is 9.27. The third kappa shape index (κ3) is 4.06. The predicted octanol–water partition coefficient (Wildman–Crippen LogP) is 0.612. The monoisotopic (exact) mass is 231 g/mol. The highest BCUT2D eigenvalue weighted by molar-refractivity contribution is 5.79. The Bertz CT molecular complexity index is 250. The molecule has 0 aromatic carbocycles. The molecule has 0 aromatic heterocycles. The minimum Gasteiger partial charge on any atom is -0.480 e. The van der Waals surface area contributed by atoms with Crippen LogP contribution in [0.2, 0.25) is 0 Å². The van der Waals surface area contributed by atoms with Crippen molar-refractivity contribution in [3.63, 3.8) is 0 Å². The van der Waals surface area contributed by atoms with Crippen molar-refractivity contribution in [2.45, 2.75) is 25.3 Å². The smallest absolute Gasteiger partial charge is 0.407 e. The van der Waals surface area contributed by atoms with Crippen LogP contribution in [-0.2, 0) is 14.3 Å². The van der Waals surface area contributed by atoms with Crippen molar-refractivity contribution in [2.75, 3.05) is 20.3 Å². The lowest BCUT2D eigenvalue weighted by Gasteiger charge is -2.24. The number of carbonyl (C=O) groups is 2. The lowest BCUT2D eigenvalue weighted by Crippen LogP contribution is -2.42. The van der Waals surface area contributed by atoms with Gasteiger partial charge in [-0.3, -0.25) is 0 Å². The molecular formula is C10H17NO5. The van der Waals surface area contributed by atoms with E-state index in [4.69, 9.17) is 9.84 Å². The van der Waals surface area contributed by atoms with Crippen LogP contribution in [-0.4, -0.2) is 43.5 Å². The van der Waals surface area contributed by atoms with Crippen LogP contribution in [0.25, 0.3) is 0 Å². The number of amides is 1. The van der Waals surface area contributed by atoms with Crippen molar-refractivity contribution in [3.05, 3.63) is 0 Å². The summed E-state index contributed by atoms with van der Waals surface area (Å²) in [6.07, 6.45) is 1.40. The van der Waals surface area contributed by atoms with E-state index in [2.05, 4.69) is 10.1 Å². The van der Waals surface area contributed by atoms with Crippen molar-refractivity contribution < 1.29 is 24.2 Å². The molecule has 2 N–H and O–H groups in total. The molecule has 1 aliphatic rings. The molecule has 1 unspecified atom stereocenters. The van der Waals surface area contributed by atoms with Crippen LogP contribution in [0.1, 0.15) is 19.3 Å². The molecule has 1 aliphatic heterocycles. The number of ether oxygens (including phenoxy) is 2. The quantitative estimate of drug-likeness (QED) is 0.740. The highest BCUT2D eigenvalue weighted by Crippen LogP contribution is 2.20. The van der Waals surface area contributed by atoms with Crippen molar-refractivity contribution in [1.82, 2.24) is 5.32 Å². The van der Waals surface area contributed by atoms with Crippen molar-refractivity contribution in [3.8, 4) is 0 Å². The Hall–Kier alpha value is -1.30. The number of hydrogen-bond donors (Lipinski definition) is 2. The molecule has 1 heterocycles. The van der Waals surface area contributed by atoms with Gasteiger partial charge in [-0.1, -0.05) is 0 Å². The van der Waals surface area contributed by atoms with E-state index >= 15 is 0 Å². The lowest BCUT2D eigenvalue weighted by molar-refractivity contribution is -0.140. The molecule has 1 amide bonds. The van der Waals surface area contributed by atoms with Gasteiger partial charge in [-0.15, -0.1) is 0 Å². The van der Waals surface area contributed by atoms with Gasteiger partial charge in [-0.05, 0) is 25.2 Å². The van der Waals surface area contributed by atoms with Crippen LogP contribution >= 0.6 is 0 Å². The molecule has 1 atom stereocenters. The third-order valence-corrected chi connectivity index (χ3v) is 2.69. The van der Waals surface area contributed by atoms with E-state index in [1.807, 2.05) is 0 Å². The second kappa shape index (κ2) is 6.32. The van der Waals surface area contributed by atoms with Gasteiger partial charge < -0.3 is 19.9 Å². The van der Waals surface area contributed by atoms with Gasteiger partial charge in [0.15, 0.2) is 0 Å². The van der Waals surface area contributed by atoms with E-state index in [0.29, 0.717) is 19.6 Å². The Morgan fingerprint density at radius 3 is 2.62 bits per heavy atom. The number of carboxylic acid groups (broad SMARTS) is 1. The fourth-order valence-corrected chi connectivity index (χ4v) is 1.74. The number of carbonyl (C=O) groups excluding carboxylic acids is 1. The van der Waals surface area contributed by atoms with Gasteiger partial charge in [0.2, 0.25) is 0 Å². The van der Waals surface area contributed by atoms with Gasteiger partial charge in [-0.25, -0.2) is 9.59 Å². The maximum absolute atomic E-state index is 10.9. The highest BCUT2D eigenvalue weighted by Gasteiger charge is 2.25. The first-order valence-corrected chi connectivity index (χ1v) is 5.28. The van der Waals surface area contributed by atoms with Gasteiger partial charge in [0, 0.05) is 13.2 Å². The average molecular weight is 231 g/mol. The van der Waals surface area contributed by atoms with Crippen LogP contribution in [0.4, 0.5) is 4.79 Å². The molecule has 16 heavy (non-hydrogen) atoms. The van der Waals surface area contributed by atoms with Gasteiger partial charge in [0.1, 0.15) is 6.04 Å². The van der Waals surface area contributed by atoms with Crippen LogP contribution in [0.3, 0.4) is 0 Å². The summed E-state index contributed by atoms with van der Waals surface area (Å²) in [7, 11) is 1.21. The zero-order valence-corrected chi connectivity index (χ0v) is 9.27. The van der Waals surface area contributed by atoms with Gasteiger partial charge >= 0.3 is 12.1 Å². The van der Waals surface area contributed by atoms with E-state index in [1.54, 1.807) is 0 Å². The number of hydrogen-bond acceptors (Lipinski definition) is 4. The number of alkyl carbamates (subject to hydrolysis) is 1. The van der Waals surface area contributed by atoms with E-state index in [1.165, 1.54) is 7.11 Å². The zero-order chi connectivity index (χ0) is 12.0. The summed E-state index contributed by atoms with van der Waals surface area (Å²) in [5.74, 6) is -0.746. The predicted molar refractivity (Wildman–Crippen MR) is 55.1 cm³/mol. The first-order chi connectivity index (χ1) is 7.63. The van der Waals surface area contributed by atoms with E-state index < -0.39 is 18.1 Å². The van der Waals surface area contributed by atoms with Crippen molar-refractivity contribution in [1.29, 1.82) is 0 Å². The summed E-state index contributed by atoms with van der Waals surface area (Å²) in [5, 5.41) is 11.3. The molecule has 92 valence electrons. The van der Waals surface area contributed by atoms with Crippen molar-refractivity contribution in [2.24, 2.45) is 5.92 Å². The second-order valence-corrected chi connectivity index (χ2v) is 3.82. The SMILES string of the molecule is COC(=O)NC(CC1CCOCC1)C(=O)O. The van der Waals surface area contributed by atoms with E-state index in [-0.39, 0.29) is 5.92 Å². The summed E-state index contributed by atoms with van der Waals surface area (Å²) in [6, 6.07) is -0.879. The number of methoxy groups -OCH3 is 1. The maximum Gasteiger partial charge on any atom is 0.407 e.